The topological polar surface area (TPSA) is 72.2 Å². The molecule has 4 nitrogen and oxygen atoms in total. The molecule has 0 saturated heterocycles. The maximum atomic E-state index is 12.3. The van der Waals surface area contributed by atoms with Crippen LogP contribution in [0.5, 0.6) is 0 Å². The van der Waals surface area contributed by atoms with Gasteiger partial charge in [0.15, 0.2) is 0 Å². The molecule has 0 spiro atoms. The van der Waals surface area contributed by atoms with Gasteiger partial charge in [-0.2, -0.15) is 0 Å². The molecule has 1 aromatic rings. The normalized spacial score (nSPS) is 23.1. The van der Waals surface area contributed by atoms with E-state index in [1.807, 2.05) is 0 Å². The lowest BCUT2D eigenvalue weighted by Crippen LogP contribution is -2.40. The zero-order chi connectivity index (χ0) is 14.8. The molecule has 1 saturated carbocycles. The lowest BCUT2D eigenvalue weighted by atomic mass is 10.1. The van der Waals surface area contributed by atoms with Crippen molar-refractivity contribution in [2.45, 2.75) is 31.1 Å². The highest BCUT2D eigenvalue weighted by Crippen LogP contribution is 2.28. The Bertz CT molecular complexity index is 557. The molecule has 112 valence electrons. The van der Waals surface area contributed by atoms with E-state index in [1.165, 1.54) is 0 Å². The molecule has 0 radical (unpaired) electrons. The van der Waals surface area contributed by atoms with E-state index < -0.39 is 10.0 Å². The summed E-state index contributed by atoms with van der Waals surface area (Å²) in [5.74, 6) is 0.00531. The number of benzene rings is 1. The van der Waals surface area contributed by atoms with Crippen LogP contribution in [0, 0.1) is 5.92 Å². The van der Waals surface area contributed by atoms with Crippen LogP contribution in [0.4, 0.5) is 0 Å². The number of sulfonamides is 1. The third-order valence-electron chi connectivity index (χ3n) is 3.69. The molecular formula is C13H18Cl2N2O2S. The molecule has 2 rings (SSSR count). The molecule has 1 fully saturated rings. The Balaban J connectivity index is 2.12. The summed E-state index contributed by atoms with van der Waals surface area (Å²) in [6.45, 7) is 0.500. The van der Waals surface area contributed by atoms with Crippen molar-refractivity contribution in [3.8, 4) is 0 Å². The molecule has 1 aliphatic carbocycles. The van der Waals surface area contributed by atoms with Crippen LogP contribution in [0.15, 0.2) is 18.2 Å². The first-order valence-corrected chi connectivity index (χ1v) is 8.96. The number of nitrogens with one attached hydrogen (secondary N) is 1. The zero-order valence-electron chi connectivity index (χ0n) is 11.0. The Kier molecular flexibility index (Phi) is 5.31. The molecule has 0 heterocycles. The van der Waals surface area contributed by atoms with Gasteiger partial charge in [0.1, 0.15) is 0 Å². The molecule has 0 amide bonds. The minimum absolute atomic E-state index is 0.0775. The highest BCUT2D eigenvalue weighted by atomic mass is 35.5. The van der Waals surface area contributed by atoms with Gasteiger partial charge in [-0.25, -0.2) is 13.1 Å². The molecule has 20 heavy (non-hydrogen) atoms. The van der Waals surface area contributed by atoms with Crippen molar-refractivity contribution in [2.24, 2.45) is 11.7 Å². The van der Waals surface area contributed by atoms with Gasteiger partial charge in [-0.05, 0) is 37.4 Å². The maximum Gasteiger partial charge on any atom is 0.216 e. The monoisotopic (exact) mass is 336 g/mol. The predicted molar refractivity (Wildman–Crippen MR) is 82.4 cm³/mol. The van der Waals surface area contributed by atoms with Crippen molar-refractivity contribution in [1.82, 2.24) is 4.72 Å². The summed E-state index contributed by atoms with van der Waals surface area (Å²) >= 11 is 12.0. The average molecular weight is 337 g/mol. The number of halogens is 2. The van der Waals surface area contributed by atoms with Crippen LogP contribution in [-0.4, -0.2) is 21.0 Å². The fraction of sp³-hybridized carbons (Fsp3) is 0.538. The summed E-state index contributed by atoms with van der Waals surface area (Å²) in [5.41, 5.74) is 6.10. The second-order valence-electron chi connectivity index (χ2n) is 5.11. The van der Waals surface area contributed by atoms with Crippen LogP contribution in [-0.2, 0) is 15.8 Å². The number of hydrogen-bond donors (Lipinski definition) is 2. The van der Waals surface area contributed by atoms with Crippen molar-refractivity contribution in [3.05, 3.63) is 33.8 Å². The Labute approximate surface area is 129 Å². The van der Waals surface area contributed by atoms with E-state index in [4.69, 9.17) is 28.9 Å². The van der Waals surface area contributed by atoms with Crippen molar-refractivity contribution >= 4 is 33.2 Å². The van der Waals surface area contributed by atoms with Crippen LogP contribution < -0.4 is 10.5 Å². The van der Waals surface area contributed by atoms with Crippen LogP contribution in [0.3, 0.4) is 0 Å². The van der Waals surface area contributed by atoms with Gasteiger partial charge in [-0.15, -0.1) is 0 Å². The van der Waals surface area contributed by atoms with Gasteiger partial charge in [0.2, 0.25) is 10.0 Å². The highest BCUT2D eigenvalue weighted by Gasteiger charge is 2.30. The summed E-state index contributed by atoms with van der Waals surface area (Å²) < 4.78 is 27.2. The largest absolute Gasteiger partial charge is 0.330 e. The number of nitrogens with two attached hydrogens (primary N) is 1. The molecule has 1 aliphatic rings. The summed E-state index contributed by atoms with van der Waals surface area (Å²) in [7, 11) is -3.48. The SMILES string of the molecule is NCC1CCCC1NS(=O)(=O)Cc1c(Cl)cccc1Cl. The van der Waals surface area contributed by atoms with Crippen molar-refractivity contribution < 1.29 is 8.42 Å². The third kappa shape index (κ3) is 3.86. The molecule has 0 aromatic heterocycles. The van der Waals surface area contributed by atoms with E-state index in [0.29, 0.717) is 22.2 Å². The fourth-order valence-corrected chi connectivity index (χ4v) is 4.84. The average Bonchev–Trinajstić information content (AvgIpc) is 2.80. The lowest BCUT2D eigenvalue weighted by molar-refractivity contribution is 0.452. The highest BCUT2D eigenvalue weighted by molar-refractivity contribution is 7.88. The third-order valence-corrected chi connectivity index (χ3v) is 5.73. The Morgan fingerprint density at radius 1 is 1.25 bits per heavy atom. The quantitative estimate of drug-likeness (QED) is 0.867. The molecular weight excluding hydrogens is 319 g/mol. The second kappa shape index (κ2) is 6.62. The number of rotatable bonds is 5. The van der Waals surface area contributed by atoms with Crippen LogP contribution in [0.1, 0.15) is 24.8 Å². The van der Waals surface area contributed by atoms with Gasteiger partial charge in [-0.3, -0.25) is 0 Å². The van der Waals surface area contributed by atoms with Gasteiger partial charge in [-0.1, -0.05) is 35.7 Å². The fourth-order valence-electron chi connectivity index (χ4n) is 2.61. The first-order chi connectivity index (χ1) is 9.43. The smallest absolute Gasteiger partial charge is 0.216 e. The van der Waals surface area contributed by atoms with Crippen LogP contribution in [0.25, 0.3) is 0 Å². The molecule has 0 aliphatic heterocycles. The van der Waals surface area contributed by atoms with Gasteiger partial charge in [0.05, 0.1) is 5.75 Å². The summed E-state index contributed by atoms with van der Waals surface area (Å²) in [6.07, 6.45) is 2.80. The number of hydrogen-bond acceptors (Lipinski definition) is 3. The first-order valence-electron chi connectivity index (χ1n) is 6.56. The predicted octanol–water partition coefficient (Wildman–Crippen LogP) is 2.54. The van der Waals surface area contributed by atoms with E-state index in [9.17, 15) is 8.42 Å². The molecule has 7 heteroatoms. The van der Waals surface area contributed by atoms with E-state index >= 15 is 0 Å². The Morgan fingerprint density at radius 3 is 2.50 bits per heavy atom. The molecule has 3 N–H and O–H groups in total. The van der Waals surface area contributed by atoms with Gasteiger partial charge in [0, 0.05) is 21.7 Å². The van der Waals surface area contributed by atoms with E-state index in [1.54, 1.807) is 18.2 Å². The Morgan fingerprint density at radius 2 is 1.90 bits per heavy atom. The first kappa shape index (κ1) is 16.0. The zero-order valence-corrected chi connectivity index (χ0v) is 13.3. The standard InChI is InChI=1S/C13H18Cl2N2O2S/c14-11-4-2-5-12(15)10(11)8-20(18,19)17-13-6-1-3-9(13)7-16/h2,4-5,9,13,17H,1,3,6-8,16H2. The van der Waals surface area contributed by atoms with Gasteiger partial charge >= 0.3 is 0 Å². The van der Waals surface area contributed by atoms with E-state index in [0.717, 1.165) is 19.3 Å². The van der Waals surface area contributed by atoms with Gasteiger partial charge < -0.3 is 5.73 Å². The van der Waals surface area contributed by atoms with Crippen LogP contribution >= 0.6 is 23.2 Å². The summed E-state index contributed by atoms with van der Waals surface area (Å²) in [6, 6.07) is 4.88. The second-order valence-corrected chi connectivity index (χ2v) is 7.68. The minimum atomic E-state index is -3.48. The van der Waals surface area contributed by atoms with E-state index in [-0.39, 0.29) is 17.7 Å². The van der Waals surface area contributed by atoms with Crippen LogP contribution in [0.2, 0.25) is 10.0 Å². The van der Waals surface area contributed by atoms with Crippen molar-refractivity contribution in [1.29, 1.82) is 0 Å². The molecule has 1 aromatic carbocycles. The van der Waals surface area contributed by atoms with Crippen molar-refractivity contribution in [2.75, 3.05) is 6.54 Å². The van der Waals surface area contributed by atoms with Gasteiger partial charge in [0.25, 0.3) is 0 Å². The Hall–Kier alpha value is -0.330. The summed E-state index contributed by atoms with van der Waals surface area (Å²) in [4.78, 5) is 0. The van der Waals surface area contributed by atoms with E-state index in [2.05, 4.69) is 4.72 Å². The molecule has 0 bridgehead atoms. The molecule has 2 atom stereocenters. The lowest BCUT2D eigenvalue weighted by Gasteiger charge is -2.19. The molecule has 2 unspecified atom stereocenters. The minimum Gasteiger partial charge on any atom is -0.330 e. The maximum absolute atomic E-state index is 12.3. The summed E-state index contributed by atoms with van der Waals surface area (Å²) in [5, 5.41) is 0.731. The van der Waals surface area contributed by atoms with Crippen molar-refractivity contribution in [3.63, 3.8) is 0 Å².